The van der Waals surface area contributed by atoms with Crippen LogP contribution >= 0.6 is 24.0 Å². The summed E-state index contributed by atoms with van der Waals surface area (Å²) in [7, 11) is 1.82. The van der Waals surface area contributed by atoms with Crippen molar-refractivity contribution in [2.24, 2.45) is 4.99 Å². The number of halogens is 1. The highest BCUT2D eigenvalue weighted by Crippen LogP contribution is 2.21. The molecule has 0 spiro atoms. The third-order valence-corrected chi connectivity index (χ3v) is 4.49. The Morgan fingerprint density at radius 2 is 2.07 bits per heavy atom. The van der Waals surface area contributed by atoms with Crippen LogP contribution in [0, 0.1) is 0 Å². The summed E-state index contributed by atoms with van der Waals surface area (Å²) in [5.41, 5.74) is 2.72. The number of rotatable bonds is 5. The van der Waals surface area contributed by atoms with Crippen LogP contribution < -0.4 is 5.32 Å². The van der Waals surface area contributed by atoms with Gasteiger partial charge in [0, 0.05) is 39.0 Å². The van der Waals surface area contributed by atoms with E-state index in [4.69, 9.17) is 4.52 Å². The Balaban J connectivity index is 0.00000261. The van der Waals surface area contributed by atoms with Gasteiger partial charge in [0.25, 0.3) is 0 Å². The predicted molar refractivity (Wildman–Crippen MR) is 119 cm³/mol. The maximum absolute atomic E-state index is 5.29. The number of benzene rings is 1. The van der Waals surface area contributed by atoms with Gasteiger partial charge in [0.05, 0.1) is 0 Å². The van der Waals surface area contributed by atoms with Gasteiger partial charge in [-0.1, -0.05) is 55.4 Å². The van der Waals surface area contributed by atoms with Crippen LogP contribution in [0.15, 0.2) is 45.9 Å². The van der Waals surface area contributed by atoms with E-state index in [9.17, 15) is 0 Å². The summed E-state index contributed by atoms with van der Waals surface area (Å²) >= 11 is 0. The van der Waals surface area contributed by atoms with Gasteiger partial charge in [-0.2, -0.15) is 4.98 Å². The molecule has 2 heterocycles. The van der Waals surface area contributed by atoms with Crippen LogP contribution in [-0.4, -0.2) is 47.7 Å². The molecular formula is C20H28IN5O. The quantitative estimate of drug-likeness (QED) is 0.401. The number of hydrogen-bond acceptors (Lipinski definition) is 4. The topological polar surface area (TPSA) is 66.5 Å². The Morgan fingerprint density at radius 1 is 1.30 bits per heavy atom. The zero-order valence-corrected chi connectivity index (χ0v) is 18.5. The fraction of sp³-hybridized carbons (Fsp3) is 0.450. The second-order valence-electron chi connectivity index (χ2n) is 6.72. The van der Waals surface area contributed by atoms with Crippen LogP contribution in [-0.2, 0) is 6.42 Å². The molecule has 7 heteroatoms. The molecule has 0 atom stereocenters. The molecule has 0 amide bonds. The van der Waals surface area contributed by atoms with Crippen molar-refractivity contribution in [1.82, 2.24) is 20.4 Å². The number of aliphatic imine (C=N–C) groups is 1. The van der Waals surface area contributed by atoms with Crippen LogP contribution in [0.3, 0.4) is 0 Å². The number of hydrogen-bond donors (Lipinski definition) is 1. The Hall–Kier alpha value is -1.90. The Bertz CT molecular complexity index is 770. The highest BCUT2D eigenvalue weighted by molar-refractivity contribution is 14.0. The average molecular weight is 481 g/mol. The lowest BCUT2D eigenvalue weighted by Crippen LogP contribution is -2.44. The first-order valence-corrected chi connectivity index (χ1v) is 9.20. The first-order valence-electron chi connectivity index (χ1n) is 9.20. The normalized spacial score (nSPS) is 14.7. The standard InChI is InChI=1S/C20H27N5O.HI/c1-15(2)19-23-18(26-24-19)9-12-22-20(21-3)25-13-10-17(11-14-25)16-7-5-4-6-8-16;/h4-8,10,15H,9,11-14H2,1-3H3,(H,21,22);1H. The second-order valence-corrected chi connectivity index (χ2v) is 6.72. The fourth-order valence-electron chi connectivity index (χ4n) is 2.99. The van der Waals surface area contributed by atoms with E-state index in [0.29, 0.717) is 12.3 Å². The fourth-order valence-corrected chi connectivity index (χ4v) is 2.99. The van der Waals surface area contributed by atoms with E-state index in [2.05, 4.69) is 75.6 Å². The lowest BCUT2D eigenvalue weighted by molar-refractivity contribution is 0.369. The van der Waals surface area contributed by atoms with Gasteiger partial charge in [-0.05, 0) is 17.6 Å². The van der Waals surface area contributed by atoms with E-state index in [1.165, 1.54) is 11.1 Å². The van der Waals surface area contributed by atoms with Gasteiger partial charge in [0.2, 0.25) is 5.89 Å². The monoisotopic (exact) mass is 481 g/mol. The van der Waals surface area contributed by atoms with E-state index in [1.54, 1.807) is 0 Å². The molecule has 0 saturated heterocycles. The van der Waals surface area contributed by atoms with E-state index in [1.807, 2.05) is 7.05 Å². The molecule has 0 fully saturated rings. The molecule has 27 heavy (non-hydrogen) atoms. The smallest absolute Gasteiger partial charge is 0.228 e. The minimum Gasteiger partial charge on any atom is -0.356 e. The third-order valence-electron chi connectivity index (χ3n) is 4.49. The van der Waals surface area contributed by atoms with Crippen molar-refractivity contribution in [1.29, 1.82) is 0 Å². The van der Waals surface area contributed by atoms with Crippen molar-refractivity contribution in [3.05, 3.63) is 53.7 Å². The number of nitrogens with one attached hydrogen (secondary N) is 1. The summed E-state index contributed by atoms with van der Waals surface area (Å²) in [6.45, 7) is 6.66. The van der Waals surface area contributed by atoms with Gasteiger partial charge in [-0.25, -0.2) is 0 Å². The molecular weight excluding hydrogens is 453 g/mol. The summed E-state index contributed by atoms with van der Waals surface area (Å²) in [6, 6.07) is 10.6. The molecule has 1 aliphatic heterocycles. The maximum Gasteiger partial charge on any atom is 0.228 e. The third kappa shape index (κ3) is 5.79. The SMILES string of the molecule is CN=C(NCCc1nc(C(C)C)no1)N1CC=C(c2ccccc2)CC1.I. The summed E-state index contributed by atoms with van der Waals surface area (Å²) in [5, 5.41) is 7.40. The molecule has 0 bridgehead atoms. The molecule has 1 N–H and O–H groups in total. The van der Waals surface area contributed by atoms with Crippen LogP contribution in [0.1, 0.15) is 43.5 Å². The van der Waals surface area contributed by atoms with Crippen molar-refractivity contribution < 1.29 is 4.52 Å². The van der Waals surface area contributed by atoms with Gasteiger partial charge in [0.1, 0.15) is 0 Å². The van der Waals surface area contributed by atoms with E-state index >= 15 is 0 Å². The van der Waals surface area contributed by atoms with Gasteiger partial charge >= 0.3 is 0 Å². The van der Waals surface area contributed by atoms with Crippen molar-refractivity contribution >= 4 is 35.5 Å². The lowest BCUT2D eigenvalue weighted by Gasteiger charge is -2.29. The average Bonchev–Trinajstić information content (AvgIpc) is 3.15. The Labute approximate surface area is 178 Å². The van der Waals surface area contributed by atoms with Crippen molar-refractivity contribution in [2.45, 2.75) is 32.6 Å². The molecule has 1 aromatic heterocycles. The van der Waals surface area contributed by atoms with Gasteiger partial charge in [-0.3, -0.25) is 4.99 Å². The minimum absolute atomic E-state index is 0. The lowest BCUT2D eigenvalue weighted by atomic mass is 10.00. The van der Waals surface area contributed by atoms with E-state index < -0.39 is 0 Å². The van der Waals surface area contributed by atoms with Crippen molar-refractivity contribution in [3.63, 3.8) is 0 Å². The molecule has 1 aliphatic rings. The van der Waals surface area contributed by atoms with Crippen molar-refractivity contribution in [3.8, 4) is 0 Å². The van der Waals surface area contributed by atoms with Gasteiger partial charge in [0.15, 0.2) is 11.8 Å². The highest BCUT2D eigenvalue weighted by atomic mass is 127. The molecule has 0 radical (unpaired) electrons. The Morgan fingerprint density at radius 3 is 2.67 bits per heavy atom. The van der Waals surface area contributed by atoms with Crippen LogP contribution in [0.2, 0.25) is 0 Å². The molecule has 0 aliphatic carbocycles. The van der Waals surface area contributed by atoms with Gasteiger partial charge < -0.3 is 14.7 Å². The van der Waals surface area contributed by atoms with Crippen LogP contribution in [0.4, 0.5) is 0 Å². The zero-order valence-electron chi connectivity index (χ0n) is 16.2. The summed E-state index contributed by atoms with van der Waals surface area (Å²) in [4.78, 5) is 11.1. The molecule has 3 rings (SSSR count). The molecule has 6 nitrogen and oxygen atoms in total. The first kappa shape index (κ1) is 21.4. The first-order chi connectivity index (χ1) is 12.7. The zero-order chi connectivity index (χ0) is 18.4. The molecule has 0 unspecified atom stereocenters. The number of aromatic nitrogens is 2. The van der Waals surface area contributed by atoms with Gasteiger partial charge in [-0.15, -0.1) is 24.0 Å². The molecule has 2 aromatic rings. The molecule has 1 aromatic carbocycles. The molecule has 0 saturated carbocycles. The van der Waals surface area contributed by atoms with E-state index in [0.717, 1.165) is 37.8 Å². The Kier molecular flexibility index (Phi) is 8.27. The number of guanidine groups is 1. The minimum atomic E-state index is 0. The number of nitrogens with zero attached hydrogens (tertiary/aromatic N) is 4. The van der Waals surface area contributed by atoms with Crippen LogP contribution in [0.5, 0.6) is 0 Å². The maximum atomic E-state index is 5.29. The van der Waals surface area contributed by atoms with Crippen molar-refractivity contribution in [2.75, 3.05) is 26.7 Å². The summed E-state index contributed by atoms with van der Waals surface area (Å²) < 4.78 is 5.29. The predicted octanol–water partition coefficient (Wildman–Crippen LogP) is 3.72. The molecule has 146 valence electrons. The second kappa shape index (κ2) is 10.4. The summed E-state index contributed by atoms with van der Waals surface area (Å²) in [5.74, 6) is 2.63. The van der Waals surface area contributed by atoms with Crippen LogP contribution in [0.25, 0.3) is 5.57 Å². The highest BCUT2D eigenvalue weighted by Gasteiger charge is 2.16. The largest absolute Gasteiger partial charge is 0.356 e. The summed E-state index contributed by atoms with van der Waals surface area (Å²) in [6.07, 6.45) is 4.00. The van der Waals surface area contributed by atoms with E-state index in [-0.39, 0.29) is 29.9 Å².